The normalized spacial score (nSPS) is 16.3. The number of esters is 1. The molecule has 0 fully saturated rings. The average Bonchev–Trinajstić information content (AvgIpc) is 3.42. The predicted octanol–water partition coefficient (Wildman–Crippen LogP) is 1.87. The molecule has 1 unspecified atom stereocenters. The topological polar surface area (TPSA) is 165 Å². The lowest BCUT2D eigenvalue weighted by Gasteiger charge is -2.24. The van der Waals surface area contributed by atoms with Gasteiger partial charge in [0.05, 0.1) is 35.7 Å². The Morgan fingerprint density at radius 1 is 1.09 bits per heavy atom. The first-order chi connectivity index (χ1) is 20.5. The van der Waals surface area contributed by atoms with Crippen LogP contribution in [0.1, 0.15) is 31.0 Å². The zero-order valence-corrected chi connectivity index (χ0v) is 24.2. The van der Waals surface area contributed by atoms with Crippen LogP contribution >= 0.6 is 11.3 Å². The summed E-state index contributed by atoms with van der Waals surface area (Å²) in [5.74, 6) is -2.66. The van der Waals surface area contributed by atoms with E-state index in [-0.39, 0.29) is 22.3 Å². The molecule has 13 heteroatoms. The van der Waals surface area contributed by atoms with Crippen molar-refractivity contribution < 1.29 is 38.9 Å². The van der Waals surface area contributed by atoms with Gasteiger partial charge in [-0.25, -0.2) is 9.79 Å². The number of thiazole rings is 1. The first kappa shape index (κ1) is 30.7. The van der Waals surface area contributed by atoms with Crippen LogP contribution in [0.5, 0.6) is 5.75 Å². The van der Waals surface area contributed by atoms with E-state index in [2.05, 4.69) is 11.6 Å². The van der Waals surface area contributed by atoms with Crippen molar-refractivity contribution in [2.75, 3.05) is 25.2 Å². The van der Waals surface area contributed by atoms with Gasteiger partial charge in [0.15, 0.2) is 4.80 Å². The van der Waals surface area contributed by atoms with Gasteiger partial charge >= 0.3 is 11.9 Å². The largest absolute Gasteiger partial charge is 0.497 e. The van der Waals surface area contributed by atoms with Crippen LogP contribution in [0.25, 0.3) is 5.57 Å². The third-order valence-corrected chi connectivity index (χ3v) is 7.48. The van der Waals surface area contributed by atoms with Crippen molar-refractivity contribution in [2.45, 2.75) is 19.9 Å². The molecule has 1 aromatic heterocycles. The van der Waals surface area contributed by atoms with E-state index in [1.807, 2.05) is 0 Å². The van der Waals surface area contributed by atoms with E-state index in [9.17, 15) is 24.3 Å². The van der Waals surface area contributed by atoms with Crippen LogP contribution in [0.15, 0.2) is 82.2 Å². The smallest absolute Gasteiger partial charge is 0.338 e. The van der Waals surface area contributed by atoms with E-state index in [1.54, 1.807) is 55.5 Å². The molecule has 12 nitrogen and oxygen atoms in total. The third kappa shape index (κ3) is 6.02. The van der Waals surface area contributed by atoms with Gasteiger partial charge in [0.2, 0.25) is 0 Å². The van der Waals surface area contributed by atoms with E-state index >= 15 is 0 Å². The average molecular weight is 606 g/mol. The lowest BCUT2D eigenvalue weighted by atomic mass is 9.96. The summed E-state index contributed by atoms with van der Waals surface area (Å²) in [6.45, 7) is 5.75. The number of para-hydroxylation sites is 1. The Morgan fingerprint density at radius 2 is 1.74 bits per heavy atom. The van der Waals surface area contributed by atoms with Crippen LogP contribution in [0.4, 0.5) is 5.69 Å². The molecule has 0 bridgehead atoms. The second-order valence-corrected chi connectivity index (χ2v) is 10.2. The lowest BCUT2D eigenvalue weighted by Crippen LogP contribution is -2.41. The van der Waals surface area contributed by atoms with Gasteiger partial charge in [-0.15, -0.1) is 0 Å². The Kier molecular flexibility index (Phi) is 9.05. The van der Waals surface area contributed by atoms with Crippen LogP contribution in [0, 0.1) is 0 Å². The van der Waals surface area contributed by atoms with Gasteiger partial charge in [-0.05, 0) is 30.7 Å². The number of aliphatic carboxylic acids is 2. The summed E-state index contributed by atoms with van der Waals surface area (Å²) in [5.41, 5.74) is 1.58. The molecular weight excluding hydrogens is 578 g/mol. The minimum atomic E-state index is -1.18. The fourth-order valence-corrected chi connectivity index (χ4v) is 5.88. The minimum Gasteiger partial charge on any atom is -0.497 e. The van der Waals surface area contributed by atoms with Crippen molar-refractivity contribution in [2.24, 2.45) is 4.99 Å². The Morgan fingerprint density at radius 3 is 2.35 bits per heavy atom. The van der Waals surface area contributed by atoms with Gasteiger partial charge < -0.3 is 19.7 Å². The number of benzene rings is 2. The number of hydrogen-bond donors (Lipinski definition) is 2. The van der Waals surface area contributed by atoms with Crippen molar-refractivity contribution >= 4 is 46.4 Å². The predicted molar refractivity (Wildman–Crippen MR) is 157 cm³/mol. The monoisotopic (exact) mass is 605 g/mol. The van der Waals surface area contributed by atoms with E-state index in [1.165, 1.54) is 17.8 Å². The summed E-state index contributed by atoms with van der Waals surface area (Å²) in [6, 6.07) is 12.8. The van der Waals surface area contributed by atoms with Gasteiger partial charge in [0.25, 0.3) is 17.4 Å². The summed E-state index contributed by atoms with van der Waals surface area (Å²) in [6.07, 6.45) is 1.44. The van der Waals surface area contributed by atoms with Crippen LogP contribution in [-0.2, 0) is 23.9 Å². The zero-order valence-electron chi connectivity index (χ0n) is 23.4. The summed E-state index contributed by atoms with van der Waals surface area (Å²) in [4.78, 5) is 67.2. The zero-order chi connectivity index (χ0) is 31.4. The molecule has 5 rings (SSSR count). The molecule has 43 heavy (non-hydrogen) atoms. The van der Waals surface area contributed by atoms with Crippen molar-refractivity contribution in [3.8, 4) is 5.75 Å². The molecule has 0 saturated heterocycles. The highest BCUT2D eigenvalue weighted by Crippen LogP contribution is 2.35. The molecule has 1 amide bonds. The number of ether oxygens (including phenoxy) is 2. The lowest BCUT2D eigenvalue weighted by molar-refractivity contribution is -0.138. The SMILES string of the molecule is C=CCOC(=O)C1=C(C)N=c2s/c(=C3/C(=O)N(CC(=O)O)c4ccccc43)c(=O)n2C1c1ccc(OC)cc1.CC(=O)O. The molecule has 1 atom stereocenters. The maximum absolute atomic E-state index is 14.1. The van der Waals surface area contributed by atoms with E-state index in [4.69, 9.17) is 19.4 Å². The molecule has 0 radical (unpaired) electrons. The first-order valence-corrected chi connectivity index (χ1v) is 13.6. The first-order valence-electron chi connectivity index (χ1n) is 12.8. The molecule has 2 aliphatic heterocycles. The fourth-order valence-electron chi connectivity index (χ4n) is 4.74. The van der Waals surface area contributed by atoms with Gasteiger partial charge in [-0.3, -0.25) is 28.6 Å². The van der Waals surface area contributed by atoms with Crippen LogP contribution in [0.2, 0.25) is 0 Å². The van der Waals surface area contributed by atoms with Crippen LogP contribution in [-0.4, -0.2) is 58.9 Å². The molecule has 2 aliphatic rings. The highest BCUT2D eigenvalue weighted by atomic mass is 32.1. The fraction of sp³-hybridized carbons (Fsp3) is 0.200. The maximum Gasteiger partial charge on any atom is 0.338 e. The van der Waals surface area contributed by atoms with Gasteiger partial charge in [-0.1, -0.05) is 54.3 Å². The van der Waals surface area contributed by atoms with Crippen LogP contribution < -0.4 is 24.5 Å². The van der Waals surface area contributed by atoms with Crippen LogP contribution in [0.3, 0.4) is 0 Å². The number of fused-ring (bicyclic) bond motifs is 2. The summed E-state index contributed by atoms with van der Waals surface area (Å²) < 4.78 is 12.1. The Labute approximate surface area is 248 Å². The Hall–Kier alpha value is -5.30. The number of rotatable bonds is 7. The second kappa shape index (κ2) is 12.7. The Balaban J connectivity index is 0.000000996. The molecule has 0 saturated carbocycles. The highest BCUT2D eigenvalue weighted by Gasteiger charge is 2.38. The maximum atomic E-state index is 14.1. The molecule has 0 spiro atoms. The summed E-state index contributed by atoms with van der Waals surface area (Å²) >= 11 is 1.01. The number of carboxylic acids is 2. The third-order valence-electron chi connectivity index (χ3n) is 6.42. The number of carbonyl (C=O) groups excluding carboxylic acids is 2. The number of methoxy groups -OCH3 is 1. The summed E-state index contributed by atoms with van der Waals surface area (Å²) in [5, 5.41) is 16.8. The van der Waals surface area contributed by atoms with Gasteiger partial charge in [0, 0.05) is 12.5 Å². The van der Waals surface area contributed by atoms with Gasteiger partial charge in [-0.2, -0.15) is 0 Å². The van der Waals surface area contributed by atoms with Gasteiger partial charge in [0.1, 0.15) is 23.4 Å². The number of carboxylic acid groups (broad SMARTS) is 2. The molecule has 3 aromatic rings. The van der Waals surface area contributed by atoms with E-state index in [0.717, 1.165) is 23.2 Å². The number of allylic oxidation sites excluding steroid dienone is 1. The number of anilines is 1. The molecule has 3 heterocycles. The second-order valence-electron chi connectivity index (χ2n) is 9.26. The van der Waals surface area contributed by atoms with Crippen molar-refractivity contribution in [1.82, 2.24) is 4.57 Å². The van der Waals surface area contributed by atoms with Crippen molar-refractivity contribution in [1.29, 1.82) is 0 Å². The number of amides is 1. The number of hydrogen-bond acceptors (Lipinski definition) is 9. The number of carbonyl (C=O) groups is 4. The molecule has 2 aromatic carbocycles. The Bertz CT molecular complexity index is 1850. The number of aromatic nitrogens is 1. The molecule has 222 valence electrons. The number of nitrogens with zero attached hydrogens (tertiary/aromatic N) is 3. The quantitative estimate of drug-likeness (QED) is 0.302. The molecular formula is C30H27N3O9S. The summed E-state index contributed by atoms with van der Waals surface area (Å²) in [7, 11) is 1.53. The van der Waals surface area contributed by atoms with Crippen molar-refractivity contribution in [3.63, 3.8) is 0 Å². The molecule has 2 N–H and O–H groups in total. The highest BCUT2D eigenvalue weighted by molar-refractivity contribution is 7.07. The molecule has 0 aliphatic carbocycles. The standard InChI is InChI=1S/C28H23N3O7S.C2H4O2/c1-4-13-38-27(36)21-15(2)29-28-31(23(21)16-9-11-17(37-3)12-10-16)26(35)24(39-28)22-18-7-5-6-8-19(18)30(25(22)34)14-20(32)33;1-2(3)4/h4-12,23H,1,13-14H2,2-3H3,(H,32,33);1H3,(H,3,4)/b24-22+;. The minimum absolute atomic E-state index is 0.0236. The van der Waals surface area contributed by atoms with E-state index in [0.29, 0.717) is 33.1 Å². The van der Waals surface area contributed by atoms with Crippen molar-refractivity contribution in [3.05, 3.63) is 103 Å². The van der Waals surface area contributed by atoms with E-state index < -0.39 is 42.0 Å².